The molecule has 1 heterocycles. The zero-order chi connectivity index (χ0) is 28.8. The number of nitriles is 1. The van der Waals surface area contributed by atoms with Crippen LogP contribution < -0.4 is 20.9 Å². The summed E-state index contributed by atoms with van der Waals surface area (Å²) < 4.78 is 5.07. The van der Waals surface area contributed by atoms with Crippen LogP contribution in [0.25, 0.3) is 0 Å². The number of aromatic nitrogens is 2. The molecule has 202 valence electrons. The molecule has 0 aliphatic heterocycles. The largest absolute Gasteiger partial charge is 0.497 e. The van der Waals surface area contributed by atoms with Crippen molar-refractivity contribution < 1.29 is 14.5 Å². The topological polar surface area (TPSA) is 155 Å². The summed E-state index contributed by atoms with van der Waals surface area (Å²) in [6.45, 7) is 1.76. The predicted octanol–water partition coefficient (Wildman–Crippen LogP) is 6.16. The van der Waals surface area contributed by atoms with Gasteiger partial charge in [-0.2, -0.15) is 5.26 Å². The molecule has 4 aromatic rings. The third kappa shape index (κ3) is 6.20. The average Bonchev–Trinajstić information content (AvgIpc) is 2.95. The van der Waals surface area contributed by atoms with Gasteiger partial charge in [-0.25, -0.2) is 9.97 Å². The van der Waals surface area contributed by atoms with Crippen LogP contribution in [0.1, 0.15) is 33.0 Å². The van der Waals surface area contributed by atoms with Crippen LogP contribution in [-0.4, -0.2) is 27.9 Å². The van der Waals surface area contributed by atoms with Crippen LogP contribution in [0, 0.1) is 28.4 Å². The Morgan fingerprint density at radius 3 is 2.38 bits per heavy atom. The number of amides is 1. The van der Waals surface area contributed by atoms with Gasteiger partial charge in [0, 0.05) is 21.3 Å². The van der Waals surface area contributed by atoms with E-state index < -0.39 is 22.4 Å². The maximum atomic E-state index is 12.5. The number of ether oxygens (including phenoxy) is 1. The number of nitrogens with one attached hydrogen (secondary N) is 3. The molecular weight excluding hydrogens is 557 g/mol. The molecular formula is C27H21Cl2N7O4. The quantitative estimate of drug-likeness (QED) is 0.156. The van der Waals surface area contributed by atoms with Gasteiger partial charge in [0.25, 0.3) is 5.91 Å². The highest BCUT2D eigenvalue weighted by Gasteiger charge is 2.25. The predicted molar refractivity (Wildman–Crippen MR) is 151 cm³/mol. The van der Waals surface area contributed by atoms with Crippen molar-refractivity contribution in [3.63, 3.8) is 0 Å². The number of halogens is 2. The van der Waals surface area contributed by atoms with Crippen LogP contribution in [0.15, 0.2) is 67.0 Å². The van der Waals surface area contributed by atoms with Crippen molar-refractivity contribution in [2.75, 3.05) is 17.9 Å². The van der Waals surface area contributed by atoms with Crippen molar-refractivity contribution in [1.82, 2.24) is 15.4 Å². The van der Waals surface area contributed by atoms with Gasteiger partial charge in [-0.15, -0.1) is 0 Å². The minimum atomic E-state index is -0.679. The first-order chi connectivity index (χ1) is 19.2. The number of benzene rings is 3. The Kier molecular flexibility index (Phi) is 8.63. The average molecular weight is 578 g/mol. The maximum absolute atomic E-state index is 12.5. The Morgan fingerprint density at radius 2 is 1.75 bits per heavy atom. The fraction of sp³-hybridized carbons (Fsp3) is 0.111. The number of hydrogen-bond donors (Lipinski definition) is 3. The van der Waals surface area contributed by atoms with Gasteiger partial charge < -0.3 is 10.1 Å². The van der Waals surface area contributed by atoms with E-state index in [0.717, 1.165) is 6.33 Å². The van der Waals surface area contributed by atoms with Gasteiger partial charge in [0.05, 0.1) is 24.0 Å². The van der Waals surface area contributed by atoms with Crippen LogP contribution in [0.3, 0.4) is 0 Å². The number of methoxy groups -OCH3 is 1. The molecule has 0 fully saturated rings. The van der Waals surface area contributed by atoms with Crippen molar-refractivity contribution >= 4 is 52.1 Å². The number of aryl methyl sites for hydroxylation is 1. The molecule has 0 spiro atoms. The van der Waals surface area contributed by atoms with Gasteiger partial charge in [0.1, 0.15) is 12.1 Å². The number of carbonyl (C=O) groups excluding carboxylic acids is 1. The first-order valence-corrected chi connectivity index (χ1v) is 12.4. The number of anilines is 3. The first kappa shape index (κ1) is 28.1. The van der Waals surface area contributed by atoms with Gasteiger partial charge >= 0.3 is 5.69 Å². The lowest BCUT2D eigenvalue weighted by Crippen LogP contribution is -2.30. The summed E-state index contributed by atoms with van der Waals surface area (Å²) >= 11 is 12.5. The standard InChI is InChI=1S/C27H21Cl2N7O4/c1-15-11-20(21(13-30)16-3-7-18(28)8-4-16)22(29)12-23(15)33-25-24(36(38)39)26(32-14-31-25)34-35-27(37)17-5-9-19(40-2)10-6-17/h3-12,14,21H,1-2H3,(H,35,37)(H2,31,32,33,34). The Hall–Kier alpha value is -4.92. The zero-order valence-electron chi connectivity index (χ0n) is 21.1. The third-order valence-electron chi connectivity index (χ3n) is 5.89. The summed E-state index contributed by atoms with van der Waals surface area (Å²) in [5.74, 6) is -1.00. The number of hydrazine groups is 1. The minimum Gasteiger partial charge on any atom is -0.497 e. The van der Waals surface area contributed by atoms with E-state index in [1.54, 1.807) is 55.5 Å². The second-order valence-corrected chi connectivity index (χ2v) is 9.26. The van der Waals surface area contributed by atoms with E-state index in [2.05, 4.69) is 32.2 Å². The first-order valence-electron chi connectivity index (χ1n) is 11.6. The second kappa shape index (κ2) is 12.3. The summed E-state index contributed by atoms with van der Waals surface area (Å²) in [6.07, 6.45) is 1.11. The molecule has 1 atom stereocenters. The molecule has 0 aliphatic rings. The van der Waals surface area contributed by atoms with E-state index >= 15 is 0 Å². The monoisotopic (exact) mass is 577 g/mol. The highest BCUT2D eigenvalue weighted by atomic mass is 35.5. The zero-order valence-corrected chi connectivity index (χ0v) is 22.6. The highest BCUT2D eigenvalue weighted by molar-refractivity contribution is 6.32. The van der Waals surface area contributed by atoms with Crippen LogP contribution in [-0.2, 0) is 0 Å². The van der Waals surface area contributed by atoms with E-state index in [1.165, 1.54) is 19.2 Å². The van der Waals surface area contributed by atoms with E-state index in [1.807, 2.05) is 0 Å². The lowest BCUT2D eigenvalue weighted by atomic mass is 9.91. The summed E-state index contributed by atoms with van der Waals surface area (Å²) in [7, 11) is 1.50. The smallest absolute Gasteiger partial charge is 0.355 e. The van der Waals surface area contributed by atoms with Gasteiger partial charge in [0.15, 0.2) is 0 Å². The van der Waals surface area contributed by atoms with Crippen LogP contribution in [0.2, 0.25) is 10.0 Å². The summed E-state index contributed by atoms with van der Waals surface area (Å²) in [5, 5.41) is 25.6. The molecule has 11 nitrogen and oxygen atoms in total. The summed E-state index contributed by atoms with van der Waals surface area (Å²) in [5.41, 5.74) is 7.04. The molecule has 1 amide bonds. The number of rotatable bonds is 9. The Balaban J connectivity index is 1.58. The lowest BCUT2D eigenvalue weighted by Gasteiger charge is -2.17. The van der Waals surface area contributed by atoms with Gasteiger partial charge in [-0.05, 0) is 66.1 Å². The Morgan fingerprint density at radius 1 is 1.07 bits per heavy atom. The Labute approximate surface area is 238 Å². The highest BCUT2D eigenvalue weighted by Crippen LogP contribution is 2.37. The second-order valence-electron chi connectivity index (χ2n) is 8.41. The van der Waals surface area contributed by atoms with Crippen molar-refractivity contribution in [1.29, 1.82) is 5.26 Å². The van der Waals surface area contributed by atoms with Crippen LogP contribution in [0.5, 0.6) is 5.75 Å². The number of carbonyl (C=O) groups is 1. The fourth-order valence-electron chi connectivity index (χ4n) is 3.83. The number of hydrogen-bond acceptors (Lipinski definition) is 9. The van der Waals surface area contributed by atoms with Crippen molar-refractivity contribution in [3.05, 3.63) is 109 Å². The normalized spacial score (nSPS) is 11.2. The molecule has 13 heteroatoms. The molecule has 1 aromatic heterocycles. The molecule has 0 bridgehead atoms. The molecule has 0 saturated carbocycles. The Bertz CT molecular complexity index is 1610. The SMILES string of the molecule is COc1ccc(C(=O)NNc2ncnc(Nc3cc(Cl)c(C(C#N)c4ccc(Cl)cc4)cc3C)c2[N+](=O)[O-])cc1. The molecule has 40 heavy (non-hydrogen) atoms. The molecule has 3 aromatic carbocycles. The maximum Gasteiger partial charge on any atom is 0.355 e. The molecule has 4 rings (SSSR count). The molecule has 1 unspecified atom stereocenters. The minimum absolute atomic E-state index is 0.136. The van der Waals surface area contributed by atoms with Gasteiger partial charge in [0.2, 0.25) is 11.6 Å². The van der Waals surface area contributed by atoms with Crippen LogP contribution >= 0.6 is 23.2 Å². The van der Waals surface area contributed by atoms with Crippen molar-refractivity contribution in [3.8, 4) is 11.8 Å². The number of nitro groups is 1. The van der Waals surface area contributed by atoms with E-state index in [9.17, 15) is 20.2 Å². The molecule has 3 N–H and O–H groups in total. The van der Waals surface area contributed by atoms with E-state index in [4.69, 9.17) is 27.9 Å². The van der Waals surface area contributed by atoms with Gasteiger partial charge in [-0.1, -0.05) is 41.4 Å². The summed E-state index contributed by atoms with van der Waals surface area (Å²) in [6, 6.07) is 18.7. The van der Waals surface area contributed by atoms with Gasteiger partial charge in [-0.3, -0.25) is 25.8 Å². The van der Waals surface area contributed by atoms with E-state index in [0.29, 0.717) is 38.7 Å². The molecule has 0 radical (unpaired) electrons. The van der Waals surface area contributed by atoms with Crippen LogP contribution in [0.4, 0.5) is 23.0 Å². The molecule has 0 aliphatic carbocycles. The van der Waals surface area contributed by atoms with Crippen molar-refractivity contribution in [2.24, 2.45) is 0 Å². The third-order valence-corrected chi connectivity index (χ3v) is 6.47. The number of nitrogens with zero attached hydrogens (tertiary/aromatic N) is 4. The van der Waals surface area contributed by atoms with E-state index in [-0.39, 0.29) is 16.7 Å². The fourth-order valence-corrected chi connectivity index (χ4v) is 4.23. The lowest BCUT2D eigenvalue weighted by molar-refractivity contribution is -0.383. The molecule has 0 saturated heterocycles. The summed E-state index contributed by atoms with van der Waals surface area (Å²) in [4.78, 5) is 31.7. The van der Waals surface area contributed by atoms with Crippen molar-refractivity contribution in [2.45, 2.75) is 12.8 Å².